The summed E-state index contributed by atoms with van der Waals surface area (Å²) in [7, 11) is 0. The van der Waals surface area contributed by atoms with Crippen molar-refractivity contribution in [2.75, 3.05) is 17.7 Å². The molecular formula is C14H11BrF2N2O2. The number of benzene rings is 2. The Morgan fingerprint density at radius 2 is 2.00 bits per heavy atom. The minimum absolute atomic E-state index is 0.192. The SMILES string of the molecule is Nc1ccc(NC(=O)COc2ccc(F)cc2F)c(Br)c1. The minimum atomic E-state index is -0.864. The normalized spacial score (nSPS) is 10.2. The Hall–Kier alpha value is -2.15. The Bertz CT molecular complexity index is 680. The summed E-state index contributed by atoms with van der Waals surface area (Å²) in [6.45, 7) is -0.403. The molecule has 2 aromatic carbocycles. The summed E-state index contributed by atoms with van der Waals surface area (Å²) in [6.07, 6.45) is 0. The molecule has 2 rings (SSSR count). The van der Waals surface area contributed by atoms with E-state index in [4.69, 9.17) is 10.5 Å². The number of ether oxygens (including phenoxy) is 1. The largest absolute Gasteiger partial charge is 0.481 e. The van der Waals surface area contributed by atoms with Gasteiger partial charge in [-0.2, -0.15) is 0 Å². The molecule has 0 radical (unpaired) electrons. The van der Waals surface area contributed by atoms with Gasteiger partial charge in [0.25, 0.3) is 5.91 Å². The van der Waals surface area contributed by atoms with Crippen LogP contribution in [-0.2, 0) is 4.79 Å². The molecule has 0 aliphatic carbocycles. The second-order valence-electron chi connectivity index (χ2n) is 4.15. The number of rotatable bonds is 4. The third-order valence-corrected chi connectivity index (χ3v) is 3.18. The molecule has 110 valence electrons. The number of amides is 1. The fourth-order valence-electron chi connectivity index (χ4n) is 1.55. The highest BCUT2D eigenvalue weighted by molar-refractivity contribution is 9.10. The van der Waals surface area contributed by atoms with Crippen molar-refractivity contribution in [1.29, 1.82) is 0 Å². The van der Waals surface area contributed by atoms with Gasteiger partial charge in [0, 0.05) is 16.2 Å². The van der Waals surface area contributed by atoms with Crippen LogP contribution in [0.15, 0.2) is 40.9 Å². The maximum atomic E-state index is 13.3. The van der Waals surface area contributed by atoms with Gasteiger partial charge < -0.3 is 15.8 Å². The van der Waals surface area contributed by atoms with Gasteiger partial charge in [-0.25, -0.2) is 8.78 Å². The highest BCUT2D eigenvalue weighted by Gasteiger charge is 2.09. The van der Waals surface area contributed by atoms with Gasteiger partial charge in [0.2, 0.25) is 0 Å². The number of nitrogens with two attached hydrogens (primary N) is 1. The zero-order chi connectivity index (χ0) is 15.4. The Morgan fingerprint density at radius 3 is 2.67 bits per heavy atom. The number of hydrogen-bond acceptors (Lipinski definition) is 3. The Morgan fingerprint density at radius 1 is 1.24 bits per heavy atom. The maximum absolute atomic E-state index is 13.3. The van der Waals surface area contributed by atoms with Gasteiger partial charge in [-0.3, -0.25) is 4.79 Å². The number of nitrogen functional groups attached to an aromatic ring is 1. The Kier molecular flexibility index (Phi) is 4.74. The van der Waals surface area contributed by atoms with E-state index < -0.39 is 24.1 Å². The molecule has 0 spiro atoms. The summed E-state index contributed by atoms with van der Waals surface area (Å²) in [5.41, 5.74) is 6.64. The van der Waals surface area contributed by atoms with Crippen LogP contribution in [0.3, 0.4) is 0 Å². The highest BCUT2D eigenvalue weighted by Crippen LogP contribution is 2.24. The van der Waals surface area contributed by atoms with E-state index in [0.717, 1.165) is 12.1 Å². The van der Waals surface area contributed by atoms with E-state index in [2.05, 4.69) is 21.2 Å². The van der Waals surface area contributed by atoms with Gasteiger partial charge in [0.1, 0.15) is 5.82 Å². The number of nitrogens with one attached hydrogen (secondary N) is 1. The van der Waals surface area contributed by atoms with E-state index in [1.54, 1.807) is 18.2 Å². The van der Waals surface area contributed by atoms with Crippen LogP contribution >= 0.6 is 15.9 Å². The molecule has 0 heterocycles. The summed E-state index contributed by atoms with van der Waals surface area (Å²) in [6, 6.07) is 7.74. The number of hydrogen-bond donors (Lipinski definition) is 2. The molecule has 1 amide bonds. The first-order chi connectivity index (χ1) is 9.95. The van der Waals surface area contributed by atoms with Crippen LogP contribution in [0.1, 0.15) is 0 Å². The van der Waals surface area contributed by atoms with Crippen LogP contribution in [0.4, 0.5) is 20.2 Å². The topological polar surface area (TPSA) is 64.3 Å². The van der Waals surface area contributed by atoms with Crippen molar-refractivity contribution >= 4 is 33.2 Å². The summed E-state index contributed by atoms with van der Waals surface area (Å²) >= 11 is 3.25. The minimum Gasteiger partial charge on any atom is -0.481 e. The van der Waals surface area contributed by atoms with Gasteiger partial charge >= 0.3 is 0 Å². The molecule has 0 unspecified atom stereocenters. The molecule has 0 saturated heterocycles. The average molecular weight is 357 g/mol. The van der Waals surface area contributed by atoms with E-state index in [-0.39, 0.29) is 5.75 Å². The zero-order valence-electron chi connectivity index (χ0n) is 10.7. The first-order valence-corrected chi connectivity index (χ1v) is 6.68. The standard InChI is InChI=1S/C14H11BrF2N2O2/c15-10-6-9(18)2-3-12(10)19-14(20)7-21-13-4-1-8(16)5-11(13)17/h1-6H,7,18H2,(H,19,20). The molecule has 0 aromatic heterocycles. The van der Waals surface area contributed by atoms with Crippen molar-refractivity contribution in [2.24, 2.45) is 0 Å². The molecule has 3 N–H and O–H groups in total. The number of carbonyl (C=O) groups excluding carboxylic acids is 1. The maximum Gasteiger partial charge on any atom is 0.262 e. The summed E-state index contributed by atoms with van der Waals surface area (Å²) in [4.78, 5) is 11.7. The summed E-state index contributed by atoms with van der Waals surface area (Å²) in [5.74, 6) is -2.25. The second kappa shape index (κ2) is 6.53. The van der Waals surface area contributed by atoms with Crippen LogP contribution in [-0.4, -0.2) is 12.5 Å². The zero-order valence-corrected chi connectivity index (χ0v) is 12.3. The highest BCUT2D eigenvalue weighted by atomic mass is 79.9. The van der Waals surface area contributed by atoms with Crippen LogP contribution in [0, 0.1) is 11.6 Å². The molecular weight excluding hydrogens is 346 g/mol. The number of halogens is 3. The Labute approximate surface area is 128 Å². The molecule has 0 saturated carbocycles. The molecule has 0 fully saturated rings. The monoisotopic (exact) mass is 356 g/mol. The van der Waals surface area contributed by atoms with Crippen LogP contribution in [0.5, 0.6) is 5.75 Å². The Balaban J connectivity index is 1.96. The van der Waals surface area contributed by atoms with E-state index in [1.165, 1.54) is 0 Å². The van der Waals surface area contributed by atoms with Crippen LogP contribution in [0.2, 0.25) is 0 Å². The number of carbonyl (C=O) groups is 1. The van der Waals surface area contributed by atoms with Gasteiger partial charge in [-0.05, 0) is 46.3 Å². The lowest BCUT2D eigenvalue weighted by Gasteiger charge is -2.10. The molecule has 0 aliphatic heterocycles. The van der Waals surface area contributed by atoms with Crippen LogP contribution < -0.4 is 15.8 Å². The van der Waals surface area contributed by atoms with E-state index in [9.17, 15) is 13.6 Å². The van der Waals surface area contributed by atoms with Crippen LogP contribution in [0.25, 0.3) is 0 Å². The van der Waals surface area contributed by atoms with Crippen molar-refractivity contribution in [3.8, 4) is 5.75 Å². The van der Waals surface area contributed by atoms with Crippen molar-refractivity contribution in [1.82, 2.24) is 0 Å². The average Bonchev–Trinajstić information content (AvgIpc) is 2.41. The smallest absolute Gasteiger partial charge is 0.262 e. The third-order valence-electron chi connectivity index (χ3n) is 2.52. The van der Waals surface area contributed by atoms with Crippen molar-refractivity contribution in [3.05, 3.63) is 52.5 Å². The van der Waals surface area contributed by atoms with Gasteiger partial charge in [0.05, 0.1) is 5.69 Å². The number of anilines is 2. The molecule has 2 aromatic rings. The second-order valence-corrected chi connectivity index (χ2v) is 5.01. The fourth-order valence-corrected chi connectivity index (χ4v) is 2.05. The summed E-state index contributed by atoms with van der Waals surface area (Å²) in [5, 5.41) is 2.58. The van der Waals surface area contributed by atoms with Crippen molar-refractivity contribution in [3.63, 3.8) is 0 Å². The fraction of sp³-hybridized carbons (Fsp3) is 0.0714. The third kappa shape index (κ3) is 4.16. The molecule has 0 bridgehead atoms. The first kappa shape index (κ1) is 15.2. The molecule has 7 heteroatoms. The van der Waals surface area contributed by atoms with E-state index in [1.807, 2.05) is 0 Å². The van der Waals surface area contributed by atoms with Gasteiger partial charge in [0.15, 0.2) is 18.2 Å². The lowest BCUT2D eigenvalue weighted by atomic mass is 10.3. The molecule has 21 heavy (non-hydrogen) atoms. The predicted octanol–water partition coefficient (Wildman–Crippen LogP) is 3.33. The quantitative estimate of drug-likeness (QED) is 0.825. The van der Waals surface area contributed by atoms with Gasteiger partial charge in [-0.1, -0.05) is 0 Å². The molecule has 4 nitrogen and oxygen atoms in total. The molecule has 0 aliphatic rings. The van der Waals surface area contributed by atoms with E-state index in [0.29, 0.717) is 21.9 Å². The van der Waals surface area contributed by atoms with E-state index >= 15 is 0 Å². The summed E-state index contributed by atoms with van der Waals surface area (Å²) < 4.78 is 31.6. The lowest BCUT2D eigenvalue weighted by molar-refractivity contribution is -0.118. The van der Waals surface area contributed by atoms with Gasteiger partial charge in [-0.15, -0.1) is 0 Å². The first-order valence-electron chi connectivity index (χ1n) is 5.88. The van der Waals surface area contributed by atoms with Crippen molar-refractivity contribution < 1.29 is 18.3 Å². The van der Waals surface area contributed by atoms with Crippen molar-refractivity contribution in [2.45, 2.75) is 0 Å². The predicted molar refractivity (Wildman–Crippen MR) is 79.0 cm³/mol. The lowest BCUT2D eigenvalue weighted by Crippen LogP contribution is -2.20. The molecule has 0 atom stereocenters.